The summed E-state index contributed by atoms with van der Waals surface area (Å²) in [7, 11) is 0. The number of aliphatic hydroxyl groups excluding tert-OH is 1. The van der Waals surface area contributed by atoms with Crippen LogP contribution in [0.15, 0.2) is 41.3 Å². The molecular weight excluding hydrogens is 479 g/mol. The summed E-state index contributed by atoms with van der Waals surface area (Å²) in [5.41, 5.74) is 0.803. The topological polar surface area (TPSA) is 125 Å². The van der Waals surface area contributed by atoms with Gasteiger partial charge >= 0.3 is 0 Å². The Morgan fingerprint density at radius 3 is 2.62 bits per heavy atom. The molecule has 3 aromatic rings. The van der Waals surface area contributed by atoms with Gasteiger partial charge in [0.1, 0.15) is 16.9 Å². The molecule has 2 amide bonds. The quantitative estimate of drug-likeness (QED) is 0.406. The number of fused-ring (bicyclic) bond motifs is 1. The first-order valence-corrected chi connectivity index (χ1v) is 12.5. The van der Waals surface area contributed by atoms with Gasteiger partial charge in [-0.15, -0.1) is 0 Å². The van der Waals surface area contributed by atoms with Gasteiger partial charge in [-0.2, -0.15) is 0 Å². The van der Waals surface area contributed by atoms with E-state index < -0.39 is 28.9 Å². The molecule has 196 valence electrons. The number of benzene rings is 1. The molecule has 1 aliphatic heterocycles. The number of carbonyl (C=O) groups is 2. The Hall–Kier alpha value is -3.79. The Bertz CT molecular complexity index is 1360. The van der Waals surface area contributed by atoms with Crippen LogP contribution in [0.4, 0.5) is 4.39 Å². The summed E-state index contributed by atoms with van der Waals surface area (Å²) in [6.45, 7) is 2.67. The van der Waals surface area contributed by atoms with Crippen LogP contribution in [-0.2, 0) is 17.8 Å². The lowest BCUT2D eigenvalue weighted by Gasteiger charge is -2.27. The number of aliphatic hydroxyl groups is 1. The monoisotopic (exact) mass is 510 g/mol. The number of carbonyl (C=O) groups excluding carboxylic acids is 2. The van der Waals surface area contributed by atoms with Crippen LogP contribution in [0.3, 0.4) is 0 Å². The van der Waals surface area contributed by atoms with Gasteiger partial charge in [-0.3, -0.25) is 19.4 Å². The summed E-state index contributed by atoms with van der Waals surface area (Å²) in [5.74, 6) is -1.67. The van der Waals surface area contributed by atoms with Crippen molar-refractivity contribution >= 4 is 22.8 Å². The van der Waals surface area contributed by atoms with E-state index in [4.69, 9.17) is 0 Å². The molecule has 0 radical (unpaired) electrons. The average molecular weight is 511 g/mol. The van der Waals surface area contributed by atoms with Crippen molar-refractivity contribution in [2.45, 2.75) is 51.7 Å². The molecule has 1 aromatic carbocycles. The van der Waals surface area contributed by atoms with Crippen LogP contribution in [0.1, 0.15) is 54.1 Å². The number of hydrogen-bond donors (Lipinski definition) is 3. The molecule has 37 heavy (non-hydrogen) atoms. The van der Waals surface area contributed by atoms with E-state index in [0.717, 1.165) is 24.0 Å². The molecule has 9 nitrogen and oxygen atoms in total. The summed E-state index contributed by atoms with van der Waals surface area (Å²) < 4.78 is 14.7. The minimum absolute atomic E-state index is 0.0176. The Kier molecular flexibility index (Phi) is 8.17. The van der Waals surface area contributed by atoms with Crippen LogP contribution in [-0.4, -0.2) is 62.2 Å². The molecule has 0 spiro atoms. The van der Waals surface area contributed by atoms with E-state index in [2.05, 4.69) is 10.3 Å². The molecule has 0 bridgehead atoms. The zero-order valence-corrected chi connectivity index (χ0v) is 20.7. The molecule has 0 aliphatic carbocycles. The Labute approximate surface area is 213 Å². The summed E-state index contributed by atoms with van der Waals surface area (Å²) in [5, 5.41) is 23.2. The minimum Gasteiger partial charge on any atom is -0.505 e. The van der Waals surface area contributed by atoms with Gasteiger partial charge in [-0.25, -0.2) is 4.39 Å². The molecule has 1 aliphatic rings. The molecule has 0 saturated carbocycles. The van der Waals surface area contributed by atoms with Gasteiger partial charge in [0.25, 0.3) is 11.5 Å². The van der Waals surface area contributed by atoms with Crippen LogP contribution < -0.4 is 10.9 Å². The zero-order chi connectivity index (χ0) is 26.5. The highest BCUT2D eigenvalue weighted by atomic mass is 19.1. The van der Waals surface area contributed by atoms with Crippen molar-refractivity contribution in [2.75, 3.05) is 19.6 Å². The molecular formula is C27H31FN4O5. The molecule has 1 saturated heterocycles. The standard InChI is InChI=1S/C27H31FN4O5/c1-2-20(33)16-30-26(36)23-25(35)24-21(14-18(15-29-24)13-17-6-8-19(28)9-7-17)32(27(23)37)12-11-31-10-4-3-5-22(31)34/h6-9,14-15,20,33,35H,2-5,10-13,16H2,1H3,(H,30,36). The van der Waals surface area contributed by atoms with Crippen molar-refractivity contribution in [3.63, 3.8) is 0 Å². The van der Waals surface area contributed by atoms with E-state index in [1.807, 2.05) is 0 Å². The van der Waals surface area contributed by atoms with E-state index in [0.29, 0.717) is 31.3 Å². The average Bonchev–Trinajstić information content (AvgIpc) is 2.89. The molecule has 10 heteroatoms. The van der Waals surface area contributed by atoms with Crippen LogP contribution in [0.25, 0.3) is 11.0 Å². The first-order valence-electron chi connectivity index (χ1n) is 12.5. The molecule has 3 N–H and O–H groups in total. The molecule has 1 atom stereocenters. The number of halogens is 1. The maximum atomic E-state index is 13.5. The second kappa shape index (κ2) is 11.5. The lowest BCUT2D eigenvalue weighted by Crippen LogP contribution is -2.40. The maximum absolute atomic E-state index is 13.5. The summed E-state index contributed by atoms with van der Waals surface area (Å²) >= 11 is 0. The minimum atomic E-state index is -0.808. The van der Waals surface area contributed by atoms with E-state index >= 15 is 0 Å². The van der Waals surface area contributed by atoms with Crippen LogP contribution >= 0.6 is 0 Å². The number of aromatic hydroxyl groups is 1. The Balaban J connectivity index is 1.74. The van der Waals surface area contributed by atoms with Gasteiger partial charge in [0.2, 0.25) is 5.91 Å². The van der Waals surface area contributed by atoms with Crippen LogP contribution in [0.5, 0.6) is 5.75 Å². The molecule has 4 rings (SSSR count). The third-order valence-corrected chi connectivity index (χ3v) is 6.67. The van der Waals surface area contributed by atoms with Crippen molar-refractivity contribution in [1.82, 2.24) is 19.8 Å². The van der Waals surface area contributed by atoms with E-state index in [-0.39, 0.29) is 36.9 Å². The molecule has 3 heterocycles. The van der Waals surface area contributed by atoms with E-state index in [1.165, 1.54) is 22.9 Å². The predicted molar refractivity (Wildman–Crippen MR) is 136 cm³/mol. The lowest BCUT2D eigenvalue weighted by atomic mass is 10.1. The summed E-state index contributed by atoms with van der Waals surface area (Å²) in [6, 6.07) is 7.75. The van der Waals surface area contributed by atoms with Crippen LogP contribution in [0, 0.1) is 5.82 Å². The third kappa shape index (κ3) is 5.96. The fourth-order valence-electron chi connectivity index (χ4n) is 4.47. The molecule has 1 unspecified atom stereocenters. The second-order valence-electron chi connectivity index (χ2n) is 9.30. The maximum Gasteiger partial charge on any atom is 0.267 e. The fraction of sp³-hybridized carbons (Fsp3) is 0.407. The summed E-state index contributed by atoms with van der Waals surface area (Å²) in [6.07, 6.45) is 3.76. The SMILES string of the molecule is CCC(O)CNC(=O)c1c(O)c2ncc(Cc3ccc(F)cc3)cc2n(CCN2CCCCC2=O)c1=O. The number of hydrogen-bond acceptors (Lipinski definition) is 6. The number of amides is 2. The third-order valence-electron chi connectivity index (χ3n) is 6.67. The van der Waals surface area contributed by atoms with Gasteiger partial charge in [0.05, 0.1) is 11.6 Å². The Morgan fingerprint density at radius 1 is 1.16 bits per heavy atom. The van der Waals surface area contributed by atoms with Crippen molar-refractivity contribution in [1.29, 1.82) is 0 Å². The number of pyridine rings is 2. The van der Waals surface area contributed by atoms with E-state index in [1.54, 1.807) is 30.0 Å². The number of piperidine rings is 1. The Morgan fingerprint density at radius 2 is 1.92 bits per heavy atom. The lowest BCUT2D eigenvalue weighted by molar-refractivity contribution is -0.133. The first-order chi connectivity index (χ1) is 17.8. The number of aromatic nitrogens is 2. The fourth-order valence-corrected chi connectivity index (χ4v) is 4.47. The number of likely N-dealkylation sites (tertiary alicyclic amines) is 1. The normalized spacial score (nSPS) is 14.7. The smallest absolute Gasteiger partial charge is 0.267 e. The van der Waals surface area contributed by atoms with Crippen molar-refractivity contribution in [3.05, 3.63) is 69.4 Å². The van der Waals surface area contributed by atoms with Gasteiger partial charge in [0, 0.05) is 38.8 Å². The summed E-state index contributed by atoms with van der Waals surface area (Å²) in [4.78, 5) is 44.8. The second-order valence-corrected chi connectivity index (χ2v) is 9.30. The van der Waals surface area contributed by atoms with Gasteiger partial charge in [-0.05, 0) is 55.0 Å². The highest BCUT2D eigenvalue weighted by molar-refractivity contribution is 6.01. The molecule has 2 aromatic heterocycles. The van der Waals surface area contributed by atoms with Gasteiger partial charge < -0.3 is 25.0 Å². The number of nitrogens with one attached hydrogen (secondary N) is 1. The van der Waals surface area contributed by atoms with Crippen molar-refractivity contribution in [2.24, 2.45) is 0 Å². The largest absolute Gasteiger partial charge is 0.505 e. The zero-order valence-electron chi connectivity index (χ0n) is 20.7. The number of rotatable bonds is 9. The highest BCUT2D eigenvalue weighted by Crippen LogP contribution is 2.26. The van der Waals surface area contributed by atoms with Gasteiger partial charge in [-0.1, -0.05) is 19.1 Å². The first kappa shape index (κ1) is 26.3. The van der Waals surface area contributed by atoms with Crippen LogP contribution in [0.2, 0.25) is 0 Å². The van der Waals surface area contributed by atoms with Crippen molar-refractivity contribution < 1.29 is 24.2 Å². The van der Waals surface area contributed by atoms with E-state index in [9.17, 15) is 29.0 Å². The van der Waals surface area contributed by atoms with Gasteiger partial charge in [0.15, 0.2) is 5.75 Å². The van der Waals surface area contributed by atoms with Crippen molar-refractivity contribution in [3.8, 4) is 5.75 Å². The highest BCUT2D eigenvalue weighted by Gasteiger charge is 2.25. The predicted octanol–water partition coefficient (Wildman–Crippen LogP) is 2.35. The number of nitrogens with zero attached hydrogens (tertiary/aromatic N) is 3. The molecule has 1 fully saturated rings.